The average molecular weight is 665 g/mol. The Morgan fingerprint density at radius 2 is 0.854 bits per heavy atom. The first-order valence-corrected chi connectivity index (χ1v) is 15.3. The molecule has 6 nitrogen and oxygen atoms in total. The molecule has 6 aromatic rings. The third-order valence-electron chi connectivity index (χ3n) is 8.23. The van der Waals surface area contributed by atoms with Crippen LogP contribution in [0.4, 0.5) is 0 Å². The SMILES string of the molecule is O=C(O)/C=C/c1c2nc(c(-c3ccccc3)c3ccc([n-]3)c(-c3ccccc3)c3nc(c(-c4ccccc4)c4ccc1[n-]4)C=C3)C=C2.[Ni+2]. The zero-order chi connectivity index (χ0) is 31.7. The van der Waals surface area contributed by atoms with Crippen LogP contribution in [0.5, 0.6) is 0 Å². The molecule has 8 rings (SSSR count). The van der Waals surface area contributed by atoms with Crippen molar-refractivity contribution in [3.63, 3.8) is 0 Å². The van der Waals surface area contributed by atoms with Gasteiger partial charge in [-0.3, -0.25) is 0 Å². The molecule has 3 aromatic heterocycles. The van der Waals surface area contributed by atoms with Gasteiger partial charge in [0.1, 0.15) is 0 Å². The predicted molar refractivity (Wildman–Crippen MR) is 190 cm³/mol. The van der Waals surface area contributed by atoms with E-state index in [1.165, 1.54) is 0 Å². The summed E-state index contributed by atoms with van der Waals surface area (Å²) in [6.07, 6.45) is 10.6. The maximum atomic E-state index is 11.7. The van der Waals surface area contributed by atoms with E-state index in [0.29, 0.717) is 16.8 Å². The Balaban J connectivity index is 0.00000364. The zero-order valence-electron chi connectivity index (χ0n) is 25.4. The maximum Gasteiger partial charge on any atom is 2.00 e. The fraction of sp³-hybridized carbons (Fsp3) is 0. The molecule has 2 aliphatic rings. The molecule has 0 spiro atoms. The van der Waals surface area contributed by atoms with E-state index in [2.05, 4.69) is 12.1 Å². The van der Waals surface area contributed by atoms with Gasteiger partial charge in [0.25, 0.3) is 0 Å². The van der Waals surface area contributed by atoms with Gasteiger partial charge in [-0.25, -0.2) is 14.8 Å². The van der Waals surface area contributed by atoms with Crippen molar-refractivity contribution in [3.8, 4) is 33.4 Å². The van der Waals surface area contributed by atoms with Gasteiger partial charge in [-0.05, 0) is 69.3 Å². The van der Waals surface area contributed by atoms with Crippen LogP contribution in [0.1, 0.15) is 28.3 Å². The van der Waals surface area contributed by atoms with Gasteiger partial charge in [-0.2, -0.15) is 0 Å². The smallest absolute Gasteiger partial charge is 0.657 e. The molecule has 0 radical (unpaired) electrons. The van der Waals surface area contributed by atoms with Crippen molar-refractivity contribution < 1.29 is 26.4 Å². The van der Waals surface area contributed by atoms with Crippen molar-refractivity contribution in [1.82, 2.24) is 19.9 Å². The monoisotopic (exact) mass is 664 g/mol. The molecule has 5 heterocycles. The molecule has 3 aromatic carbocycles. The van der Waals surface area contributed by atoms with Crippen LogP contribution in [0.25, 0.3) is 85.8 Å². The number of benzene rings is 3. The number of rotatable bonds is 5. The van der Waals surface area contributed by atoms with Gasteiger partial charge < -0.3 is 15.1 Å². The zero-order valence-corrected chi connectivity index (χ0v) is 26.4. The summed E-state index contributed by atoms with van der Waals surface area (Å²) in [5, 5.41) is 9.56. The Morgan fingerprint density at radius 3 is 1.27 bits per heavy atom. The van der Waals surface area contributed by atoms with Gasteiger partial charge in [-0.15, -0.1) is 22.1 Å². The van der Waals surface area contributed by atoms with Crippen LogP contribution >= 0.6 is 0 Å². The summed E-state index contributed by atoms with van der Waals surface area (Å²) in [6, 6.07) is 38.3. The molecule has 8 bridgehead atoms. The van der Waals surface area contributed by atoms with Crippen LogP contribution in [0, 0.1) is 0 Å². The Bertz CT molecular complexity index is 2390. The van der Waals surface area contributed by atoms with E-state index in [4.69, 9.17) is 19.9 Å². The third kappa shape index (κ3) is 5.72. The summed E-state index contributed by atoms with van der Waals surface area (Å²) in [7, 11) is 0. The van der Waals surface area contributed by atoms with Crippen LogP contribution in [0.3, 0.4) is 0 Å². The van der Waals surface area contributed by atoms with Crippen molar-refractivity contribution in [3.05, 3.63) is 150 Å². The molecule has 0 atom stereocenters. The first kappa shape index (κ1) is 30.6. The fourth-order valence-electron chi connectivity index (χ4n) is 6.14. The minimum Gasteiger partial charge on any atom is -0.657 e. The average Bonchev–Trinajstić information content (AvgIpc) is 3.93. The van der Waals surface area contributed by atoms with Gasteiger partial charge >= 0.3 is 22.5 Å². The molecule has 232 valence electrons. The second-order valence-electron chi connectivity index (χ2n) is 11.2. The minimum atomic E-state index is -1.05. The van der Waals surface area contributed by atoms with Gasteiger partial charge in [0.15, 0.2) is 0 Å². The number of aliphatic carboxylic acids is 1. The molecule has 0 unspecified atom stereocenters. The molecule has 0 saturated heterocycles. The largest absolute Gasteiger partial charge is 2.00 e. The summed E-state index contributed by atoms with van der Waals surface area (Å²) in [6.45, 7) is 0. The van der Waals surface area contributed by atoms with Crippen molar-refractivity contribution in [2.45, 2.75) is 0 Å². The second kappa shape index (κ2) is 13.0. The number of nitrogens with zero attached hydrogens (tertiary/aromatic N) is 4. The Kier molecular flexibility index (Phi) is 8.28. The second-order valence-corrected chi connectivity index (χ2v) is 11.2. The predicted octanol–water partition coefficient (Wildman–Crippen LogP) is 9.01. The van der Waals surface area contributed by atoms with E-state index >= 15 is 0 Å². The van der Waals surface area contributed by atoms with E-state index in [9.17, 15) is 9.90 Å². The number of fused-ring (bicyclic) bond motifs is 8. The molecule has 0 aliphatic carbocycles. The van der Waals surface area contributed by atoms with Crippen molar-refractivity contribution in [2.24, 2.45) is 0 Å². The van der Waals surface area contributed by atoms with E-state index in [-0.39, 0.29) is 16.5 Å². The van der Waals surface area contributed by atoms with Gasteiger partial charge in [0.05, 0.1) is 22.8 Å². The van der Waals surface area contributed by atoms with Gasteiger partial charge in [-0.1, -0.05) is 115 Å². The van der Waals surface area contributed by atoms with Crippen LogP contribution in [-0.2, 0) is 21.3 Å². The quantitative estimate of drug-likeness (QED) is 0.146. The summed E-state index contributed by atoms with van der Waals surface area (Å²) in [4.78, 5) is 32.2. The van der Waals surface area contributed by atoms with Crippen LogP contribution in [0.2, 0.25) is 0 Å². The third-order valence-corrected chi connectivity index (χ3v) is 8.23. The van der Waals surface area contributed by atoms with E-state index in [1.807, 2.05) is 127 Å². The number of carboxylic acids is 1. The normalized spacial score (nSPS) is 11.9. The number of carbonyl (C=O) groups is 1. The Morgan fingerprint density at radius 1 is 0.500 bits per heavy atom. The van der Waals surface area contributed by atoms with Crippen molar-refractivity contribution in [1.29, 1.82) is 0 Å². The van der Waals surface area contributed by atoms with E-state index in [0.717, 1.165) is 73.1 Å². The number of hydrogen-bond acceptors (Lipinski definition) is 3. The van der Waals surface area contributed by atoms with E-state index in [1.54, 1.807) is 6.08 Å². The summed E-state index contributed by atoms with van der Waals surface area (Å²) in [5.74, 6) is -1.05. The first-order valence-electron chi connectivity index (χ1n) is 15.3. The van der Waals surface area contributed by atoms with Crippen molar-refractivity contribution >= 4 is 58.4 Å². The molecule has 7 heteroatoms. The number of hydrogen-bond donors (Lipinski definition) is 1. The van der Waals surface area contributed by atoms with Gasteiger partial charge in [0.2, 0.25) is 0 Å². The molecule has 0 saturated carbocycles. The maximum absolute atomic E-state index is 11.7. The van der Waals surface area contributed by atoms with Crippen LogP contribution in [-0.4, -0.2) is 21.0 Å². The Hall–Kier alpha value is -6.04. The molecule has 1 N–H and O–H groups in total. The standard InChI is InChI=1S/C41H27N4O2.Ni/c46-38(47)25-16-29-30-17-19-32(42-30)39(26-10-4-1-5-11-26)34-21-23-36(44-34)41(28-14-8-3-9-15-28)37-24-22-35(45-37)40(27-12-6-2-7-13-27)33-20-18-31(29)43-33;/h1-25H,(H2-,42,43,44,45,46,47);/q-1;+2/p-1/b25-16+,30-29?,31-29?,39-32?,39-34?,40-33?,40-35?,41-36?,41-37?;. The summed E-state index contributed by atoms with van der Waals surface area (Å²) in [5.41, 5.74) is 12.0. The summed E-state index contributed by atoms with van der Waals surface area (Å²) >= 11 is 0. The van der Waals surface area contributed by atoms with Crippen LogP contribution < -0.4 is 9.97 Å². The summed E-state index contributed by atoms with van der Waals surface area (Å²) < 4.78 is 0. The molecule has 0 fully saturated rings. The number of carboxylic acid groups (broad SMARTS) is 1. The van der Waals surface area contributed by atoms with E-state index < -0.39 is 5.97 Å². The topological polar surface area (TPSA) is 91.3 Å². The Labute approximate surface area is 286 Å². The minimum absolute atomic E-state index is 0. The fourth-order valence-corrected chi connectivity index (χ4v) is 6.14. The van der Waals surface area contributed by atoms with Crippen molar-refractivity contribution in [2.75, 3.05) is 0 Å². The van der Waals surface area contributed by atoms with Crippen LogP contribution in [0.15, 0.2) is 121 Å². The first-order chi connectivity index (χ1) is 23.1. The number of aromatic nitrogens is 4. The molecule has 2 aliphatic heterocycles. The van der Waals surface area contributed by atoms with Gasteiger partial charge in [0, 0.05) is 6.08 Å². The molecule has 0 amide bonds. The molecule has 48 heavy (non-hydrogen) atoms. The molecular weight excluding hydrogens is 639 g/mol. The molecular formula is C41H26N4NiO2.